The van der Waals surface area contributed by atoms with Gasteiger partial charge in [-0.1, -0.05) is 12.1 Å². The Morgan fingerprint density at radius 3 is 2.10 bits per heavy atom. The minimum atomic E-state index is -0.172. The molecule has 1 fully saturated rings. The minimum absolute atomic E-state index is 0.0428. The van der Waals surface area contributed by atoms with Crippen molar-refractivity contribution in [2.75, 3.05) is 54.2 Å². The molecule has 1 amide bonds. The summed E-state index contributed by atoms with van der Waals surface area (Å²) in [5, 5.41) is 3.06. The maximum atomic E-state index is 12.8. The molecule has 1 aliphatic rings. The molecule has 1 atom stereocenters. The Morgan fingerprint density at radius 1 is 0.966 bits per heavy atom. The Morgan fingerprint density at radius 2 is 1.55 bits per heavy atom. The van der Waals surface area contributed by atoms with E-state index >= 15 is 0 Å². The number of nitrogens with zero attached hydrogens (tertiary/aromatic N) is 1. The lowest BCUT2D eigenvalue weighted by atomic mass is 10.0. The number of nitrogens with one attached hydrogen (secondary N) is 1. The molecule has 156 valence electrons. The molecular weight excluding hydrogens is 372 g/mol. The number of methoxy groups -OCH3 is 3. The van der Waals surface area contributed by atoms with Crippen molar-refractivity contribution in [1.82, 2.24) is 10.2 Å². The lowest BCUT2D eigenvalue weighted by molar-refractivity contribution is 0.0162. The number of carbonyl (C=O) groups excluding carboxylic acids is 1. The lowest BCUT2D eigenvalue weighted by Crippen LogP contribution is -2.43. The van der Waals surface area contributed by atoms with E-state index in [1.54, 1.807) is 39.5 Å². The highest BCUT2D eigenvalue weighted by Crippen LogP contribution is 2.25. The maximum Gasteiger partial charge on any atom is 0.251 e. The van der Waals surface area contributed by atoms with Crippen molar-refractivity contribution >= 4 is 5.91 Å². The molecule has 1 heterocycles. The van der Waals surface area contributed by atoms with E-state index in [9.17, 15) is 4.79 Å². The van der Waals surface area contributed by atoms with E-state index in [-0.39, 0.29) is 11.9 Å². The van der Waals surface area contributed by atoms with Gasteiger partial charge in [0.15, 0.2) is 0 Å². The number of morpholine rings is 1. The first-order valence-electron chi connectivity index (χ1n) is 9.61. The summed E-state index contributed by atoms with van der Waals surface area (Å²) in [6.07, 6.45) is 0. The van der Waals surface area contributed by atoms with Gasteiger partial charge in [-0.05, 0) is 29.8 Å². The fourth-order valence-corrected chi connectivity index (χ4v) is 3.40. The monoisotopic (exact) mass is 400 g/mol. The molecule has 0 saturated carbocycles. The number of ether oxygens (including phenoxy) is 4. The van der Waals surface area contributed by atoms with Crippen molar-refractivity contribution in [2.24, 2.45) is 0 Å². The van der Waals surface area contributed by atoms with E-state index in [2.05, 4.69) is 10.2 Å². The Balaban J connectivity index is 1.76. The molecule has 7 heteroatoms. The molecule has 29 heavy (non-hydrogen) atoms. The fourth-order valence-electron chi connectivity index (χ4n) is 3.40. The van der Waals surface area contributed by atoms with E-state index in [1.807, 2.05) is 24.3 Å². The fraction of sp³-hybridized carbons (Fsp3) is 0.409. The molecule has 1 saturated heterocycles. The second-order valence-corrected chi connectivity index (χ2v) is 6.75. The predicted octanol–water partition coefficient (Wildman–Crippen LogP) is 2.52. The molecule has 2 aromatic carbocycles. The average molecular weight is 400 g/mol. The van der Waals surface area contributed by atoms with Crippen molar-refractivity contribution in [1.29, 1.82) is 0 Å². The third kappa shape index (κ3) is 5.40. The Kier molecular flexibility index (Phi) is 7.32. The van der Waals surface area contributed by atoms with Gasteiger partial charge < -0.3 is 24.3 Å². The topological polar surface area (TPSA) is 69.3 Å². The summed E-state index contributed by atoms with van der Waals surface area (Å²) < 4.78 is 21.3. The van der Waals surface area contributed by atoms with Crippen LogP contribution in [0.25, 0.3) is 0 Å². The summed E-state index contributed by atoms with van der Waals surface area (Å²) >= 11 is 0. The first-order valence-corrected chi connectivity index (χ1v) is 9.61. The zero-order valence-corrected chi connectivity index (χ0v) is 17.1. The van der Waals surface area contributed by atoms with Crippen LogP contribution >= 0.6 is 0 Å². The number of carbonyl (C=O) groups is 1. The first-order chi connectivity index (χ1) is 14.1. The second-order valence-electron chi connectivity index (χ2n) is 6.75. The minimum Gasteiger partial charge on any atom is -0.497 e. The van der Waals surface area contributed by atoms with Crippen LogP contribution < -0.4 is 19.5 Å². The van der Waals surface area contributed by atoms with E-state index in [0.29, 0.717) is 36.8 Å². The van der Waals surface area contributed by atoms with Crippen LogP contribution in [0.15, 0.2) is 42.5 Å². The molecule has 2 aromatic rings. The number of rotatable bonds is 8. The first kappa shape index (κ1) is 21.0. The summed E-state index contributed by atoms with van der Waals surface area (Å²) in [6, 6.07) is 13.2. The number of amides is 1. The molecular formula is C22H28N2O5. The van der Waals surface area contributed by atoms with Gasteiger partial charge in [0.2, 0.25) is 0 Å². The summed E-state index contributed by atoms with van der Waals surface area (Å²) in [4.78, 5) is 15.1. The van der Waals surface area contributed by atoms with Crippen LogP contribution in [0.1, 0.15) is 22.0 Å². The summed E-state index contributed by atoms with van der Waals surface area (Å²) in [6.45, 7) is 3.49. The zero-order chi connectivity index (χ0) is 20.6. The normalized spacial score (nSPS) is 15.4. The van der Waals surface area contributed by atoms with Crippen LogP contribution in [0.4, 0.5) is 0 Å². The highest BCUT2D eigenvalue weighted by molar-refractivity contribution is 5.95. The number of benzene rings is 2. The van der Waals surface area contributed by atoms with Gasteiger partial charge in [0, 0.05) is 31.3 Å². The maximum absolute atomic E-state index is 12.8. The third-order valence-electron chi connectivity index (χ3n) is 5.06. The molecule has 0 aromatic heterocycles. The Labute approximate surface area is 171 Å². The van der Waals surface area contributed by atoms with Crippen molar-refractivity contribution in [3.63, 3.8) is 0 Å². The summed E-state index contributed by atoms with van der Waals surface area (Å²) in [5.74, 6) is 1.79. The van der Waals surface area contributed by atoms with Gasteiger partial charge in [0.25, 0.3) is 5.91 Å². The van der Waals surface area contributed by atoms with Gasteiger partial charge in [-0.15, -0.1) is 0 Å². The summed E-state index contributed by atoms with van der Waals surface area (Å²) in [7, 11) is 4.78. The predicted molar refractivity (Wildman–Crippen MR) is 110 cm³/mol. The number of hydrogen-bond acceptors (Lipinski definition) is 6. The van der Waals surface area contributed by atoms with E-state index < -0.39 is 0 Å². The largest absolute Gasteiger partial charge is 0.497 e. The molecule has 1 N–H and O–H groups in total. The van der Waals surface area contributed by atoms with Gasteiger partial charge in [0.1, 0.15) is 17.2 Å². The van der Waals surface area contributed by atoms with Gasteiger partial charge in [-0.2, -0.15) is 0 Å². The van der Waals surface area contributed by atoms with Crippen LogP contribution in [-0.4, -0.2) is 65.0 Å². The van der Waals surface area contributed by atoms with E-state index in [0.717, 1.165) is 24.4 Å². The van der Waals surface area contributed by atoms with Crippen molar-refractivity contribution < 1.29 is 23.7 Å². The second kappa shape index (κ2) is 10.1. The van der Waals surface area contributed by atoms with E-state index in [1.165, 1.54) is 0 Å². The Hall–Kier alpha value is -2.77. The highest BCUT2D eigenvalue weighted by Gasteiger charge is 2.23. The standard InChI is InChI=1S/C22H28N2O5/c1-26-18-6-4-16(5-7-18)21(24-8-10-29-11-9-24)15-23-22(25)17-12-19(27-2)14-20(13-17)28-3/h4-7,12-14,21H,8-11,15H2,1-3H3,(H,23,25). The van der Waals surface area contributed by atoms with Gasteiger partial charge >= 0.3 is 0 Å². The SMILES string of the molecule is COc1ccc(C(CNC(=O)c2cc(OC)cc(OC)c2)N2CCOCC2)cc1. The average Bonchev–Trinajstić information content (AvgIpc) is 2.79. The van der Waals surface area contributed by atoms with Gasteiger partial charge in [0.05, 0.1) is 40.6 Å². The molecule has 0 aliphatic carbocycles. The van der Waals surface area contributed by atoms with Crippen LogP contribution in [0.5, 0.6) is 17.2 Å². The van der Waals surface area contributed by atoms with Gasteiger partial charge in [-0.25, -0.2) is 0 Å². The van der Waals surface area contributed by atoms with Gasteiger partial charge in [-0.3, -0.25) is 9.69 Å². The van der Waals surface area contributed by atoms with Crippen LogP contribution in [0.2, 0.25) is 0 Å². The molecule has 1 aliphatic heterocycles. The quantitative estimate of drug-likeness (QED) is 0.734. The lowest BCUT2D eigenvalue weighted by Gasteiger charge is -2.35. The molecule has 3 rings (SSSR count). The van der Waals surface area contributed by atoms with Crippen LogP contribution in [0, 0.1) is 0 Å². The molecule has 0 bridgehead atoms. The third-order valence-corrected chi connectivity index (χ3v) is 5.06. The Bertz CT molecular complexity index is 781. The van der Waals surface area contributed by atoms with Crippen molar-refractivity contribution in [2.45, 2.75) is 6.04 Å². The summed E-state index contributed by atoms with van der Waals surface area (Å²) in [5.41, 5.74) is 1.62. The molecule has 0 radical (unpaired) electrons. The number of hydrogen-bond donors (Lipinski definition) is 1. The molecule has 0 spiro atoms. The van der Waals surface area contributed by atoms with Crippen molar-refractivity contribution in [3.8, 4) is 17.2 Å². The van der Waals surface area contributed by atoms with E-state index in [4.69, 9.17) is 18.9 Å². The zero-order valence-electron chi connectivity index (χ0n) is 17.1. The van der Waals surface area contributed by atoms with Crippen LogP contribution in [0.3, 0.4) is 0 Å². The highest BCUT2D eigenvalue weighted by atomic mass is 16.5. The molecule has 1 unspecified atom stereocenters. The smallest absolute Gasteiger partial charge is 0.251 e. The molecule has 7 nitrogen and oxygen atoms in total. The van der Waals surface area contributed by atoms with Crippen molar-refractivity contribution in [3.05, 3.63) is 53.6 Å². The van der Waals surface area contributed by atoms with Crippen LogP contribution in [-0.2, 0) is 4.74 Å².